The number of aryl methyl sites for hydroxylation is 1. The molecule has 0 unspecified atom stereocenters. The third-order valence-corrected chi connectivity index (χ3v) is 2.70. The van der Waals surface area contributed by atoms with Crippen LogP contribution >= 0.6 is 0 Å². The predicted octanol–water partition coefficient (Wildman–Crippen LogP) is 0.520. The van der Waals surface area contributed by atoms with Crippen molar-refractivity contribution in [3.8, 4) is 0 Å². The minimum absolute atomic E-state index is 0.0699. The van der Waals surface area contributed by atoms with E-state index >= 15 is 0 Å². The normalized spacial score (nSPS) is 16.1. The van der Waals surface area contributed by atoms with Crippen molar-refractivity contribution in [2.75, 3.05) is 18.4 Å². The molecule has 5 nitrogen and oxygen atoms in total. The summed E-state index contributed by atoms with van der Waals surface area (Å²) in [6.07, 6.45) is 3.22. The van der Waals surface area contributed by atoms with Gasteiger partial charge < -0.3 is 10.6 Å². The van der Waals surface area contributed by atoms with Gasteiger partial charge in [0.1, 0.15) is 5.82 Å². The summed E-state index contributed by atoms with van der Waals surface area (Å²) in [5.41, 5.74) is 1.05. The molecule has 1 aliphatic rings. The Morgan fingerprint density at radius 2 is 2.47 bits per heavy atom. The van der Waals surface area contributed by atoms with Crippen molar-refractivity contribution in [1.29, 1.82) is 0 Å². The lowest BCUT2D eigenvalue weighted by molar-refractivity contribution is -0.117. The van der Waals surface area contributed by atoms with Crippen LogP contribution in [-0.4, -0.2) is 29.2 Å². The highest BCUT2D eigenvalue weighted by Crippen LogP contribution is 2.14. The molecule has 0 bridgehead atoms. The van der Waals surface area contributed by atoms with Gasteiger partial charge in [-0.15, -0.1) is 0 Å². The standard InChI is InChI=1S/C10H16N4O/c1-2-8-6-12-14-10(8)13-9(15)3-7-4-11-5-7/h6-7,11H,2-5H2,1H3,(H2,12,13,14,15). The van der Waals surface area contributed by atoms with E-state index in [0.717, 1.165) is 30.9 Å². The van der Waals surface area contributed by atoms with Crippen LogP contribution in [0, 0.1) is 5.92 Å². The van der Waals surface area contributed by atoms with Gasteiger partial charge in [0.05, 0.1) is 6.20 Å². The second-order valence-corrected chi connectivity index (χ2v) is 3.90. The van der Waals surface area contributed by atoms with Crippen LogP contribution in [0.1, 0.15) is 18.9 Å². The number of hydrogen-bond donors (Lipinski definition) is 3. The van der Waals surface area contributed by atoms with Gasteiger partial charge in [-0.1, -0.05) is 6.92 Å². The smallest absolute Gasteiger partial charge is 0.225 e. The fourth-order valence-electron chi connectivity index (χ4n) is 1.63. The summed E-state index contributed by atoms with van der Waals surface area (Å²) >= 11 is 0. The zero-order chi connectivity index (χ0) is 10.7. The van der Waals surface area contributed by atoms with Crippen molar-refractivity contribution in [1.82, 2.24) is 15.5 Å². The molecule has 0 aromatic carbocycles. The number of aromatic amines is 1. The SMILES string of the molecule is CCc1cn[nH]c1NC(=O)CC1CNC1. The molecule has 1 aromatic heterocycles. The van der Waals surface area contributed by atoms with Crippen molar-refractivity contribution < 1.29 is 4.79 Å². The number of nitrogens with one attached hydrogen (secondary N) is 3. The fourth-order valence-corrected chi connectivity index (χ4v) is 1.63. The van der Waals surface area contributed by atoms with Gasteiger partial charge in [0, 0.05) is 12.0 Å². The maximum atomic E-state index is 11.6. The Bertz CT molecular complexity index is 343. The second-order valence-electron chi connectivity index (χ2n) is 3.90. The number of amides is 1. The quantitative estimate of drug-likeness (QED) is 0.675. The first-order valence-electron chi connectivity index (χ1n) is 5.32. The van der Waals surface area contributed by atoms with Gasteiger partial charge in [0.25, 0.3) is 0 Å². The van der Waals surface area contributed by atoms with Gasteiger partial charge in [-0.25, -0.2) is 0 Å². The Kier molecular flexibility index (Phi) is 3.01. The minimum Gasteiger partial charge on any atom is -0.316 e. The van der Waals surface area contributed by atoms with E-state index in [1.165, 1.54) is 0 Å². The Labute approximate surface area is 88.6 Å². The van der Waals surface area contributed by atoms with E-state index in [0.29, 0.717) is 12.3 Å². The molecule has 1 amide bonds. The van der Waals surface area contributed by atoms with Crippen molar-refractivity contribution in [2.45, 2.75) is 19.8 Å². The highest BCUT2D eigenvalue weighted by atomic mass is 16.1. The van der Waals surface area contributed by atoms with E-state index in [-0.39, 0.29) is 5.91 Å². The number of aromatic nitrogens is 2. The zero-order valence-electron chi connectivity index (χ0n) is 8.84. The molecule has 2 heterocycles. The molecule has 82 valence electrons. The number of nitrogens with zero attached hydrogens (tertiary/aromatic N) is 1. The summed E-state index contributed by atoms with van der Waals surface area (Å²) in [5.74, 6) is 1.31. The topological polar surface area (TPSA) is 69.8 Å². The summed E-state index contributed by atoms with van der Waals surface area (Å²) in [7, 11) is 0. The maximum absolute atomic E-state index is 11.6. The van der Waals surface area contributed by atoms with Gasteiger partial charge in [-0.3, -0.25) is 9.89 Å². The molecule has 1 saturated heterocycles. The molecule has 15 heavy (non-hydrogen) atoms. The van der Waals surface area contributed by atoms with Crippen LogP contribution < -0.4 is 10.6 Å². The summed E-state index contributed by atoms with van der Waals surface area (Å²) in [6, 6.07) is 0. The first kappa shape index (κ1) is 10.2. The predicted molar refractivity (Wildman–Crippen MR) is 57.6 cm³/mol. The molecule has 0 aliphatic carbocycles. The van der Waals surface area contributed by atoms with Crippen LogP contribution in [0.5, 0.6) is 0 Å². The zero-order valence-corrected chi connectivity index (χ0v) is 8.84. The second kappa shape index (κ2) is 4.44. The van der Waals surface area contributed by atoms with E-state index in [4.69, 9.17) is 0 Å². The molecule has 2 rings (SSSR count). The van der Waals surface area contributed by atoms with E-state index in [1.54, 1.807) is 6.20 Å². The first-order valence-corrected chi connectivity index (χ1v) is 5.32. The monoisotopic (exact) mass is 208 g/mol. The number of carbonyl (C=O) groups excluding carboxylic acids is 1. The summed E-state index contributed by atoms with van der Waals surface area (Å²) in [4.78, 5) is 11.6. The molecule has 0 saturated carbocycles. The number of carbonyl (C=O) groups is 1. The molecule has 0 spiro atoms. The van der Waals surface area contributed by atoms with Crippen LogP contribution in [0.3, 0.4) is 0 Å². The molecule has 3 N–H and O–H groups in total. The first-order chi connectivity index (χ1) is 7.29. The summed E-state index contributed by atoms with van der Waals surface area (Å²) in [5, 5.41) is 12.7. The van der Waals surface area contributed by atoms with Gasteiger partial charge in [0.2, 0.25) is 5.91 Å². The van der Waals surface area contributed by atoms with E-state index < -0.39 is 0 Å². The van der Waals surface area contributed by atoms with E-state index in [9.17, 15) is 4.79 Å². The van der Waals surface area contributed by atoms with Crippen molar-refractivity contribution in [2.24, 2.45) is 5.92 Å². The van der Waals surface area contributed by atoms with Crippen LogP contribution in [-0.2, 0) is 11.2 Å². The number of H-pyrrole nitrogens is 1. The van der Waals surface area contributed by atoms with Crippen molar-refractivity contribution in [3.63, 3.8) is 0 Å². The molecule has 0 atom stereocenters. The lowest BCUT2D eigenvalue weighted by Gasteiger charge is -2.26. The van der Waals surface area contributed by atoms with Crippen molar-refractivity contribution >= 4 is 11.7 Å². The molecule has 0 radical (unpaired) electrons. The average Bonchev–Trinajstić information content (AvgIpc) is 2.59. The summed E-state index contributed by atoms with van der Waals surface area (Å²) < 4.78 is 0. The van der Waals surface area contributed by atoms with Crippen LogP contribution in [0.2, 0.25) is 0 Å². The molecule has 1 aromatic rings. The third-order valence-electron chi connectivity index (χ3n) is 2.70. The van der Waals surface area contributed by atoms with Crippen LogP contribution in [0.25, 0.3) is 0 Å². The minimum atomic E-state index is 0.0699. The molecular formula is C10H16N4O. The van der Waals surface area contributed by atoms with Crippen molar-refractivity contribution in [3.05, 3.63) is 11.8 Å². The van der Waals surface area contributed by atoms with E-state index in [1.807, 2.05) is 6.92 Å². The lowest BCUT2D eigenvalue weighted by Crippen LogP contribution is -2.43. The Hall–Kier alpha value is -1.36. The van der Waals surface area contributed by atoms with Crippen LogP contribution in [0.4, 0.5) is 5.82 Å². The number of hydrogen-bond acceptors (Lipinski definition) is 3. The van der Waals surface area contributed by atoms with E-state index in [2.05, 4.69) is 20.8 Å². The van der Waals surface area contributed by atoms with Gasteiger partial charge in [0.15, 0.2) is 0 Å². The molecule has 1 fully saturated rings. The van der Waals surface area contributed by atoms with Gasteiger partial charge >= 0.3 is 0 Å². The number of rotatable bonds is 4. The largest absolute Gasteiger partial charge is 0.316 e. The molecule has 1 aliphatic heterocycles. The Morgan fingerprint density at radius 3 is 3.07 bits per heavy atom. The van der Waals surface area contributed by atoms with Gasteiger partial charge in [-0.2, -0.15) is 5.10 Å². The fraction of sp³-hybridized carbons (Fsp3) is 0.600. The molecule has 5 heteroatoms. The average molecular weight is 208 g/mol. The van der Waals surface area contributed by atoms with Crippen LogP contribution in [0.15, 0.2) is 6.20 Å². The summed E-state index contributed by atoms with van der Waals surface area (Å²) in [6.45, 7) is 3.95. The molecular weight excluding hydrogens is 192 g/mol. The van der Waals surface area contributed by atoms with Gasteiger partial charge in [-0.05, 0) is 25.4 Å². The number of anilines is 1. The Balaban J connectivity index is 1.87. The highest BCUT2D eigenvalue weighted by Gasteiger charge is 2.20. The third kappa shape index (κ3) is 2.36. The highest BCUT2D eigenvalue weighted by molar-refractivity contribution is 5.90. The Morgan fingerprint density at radius 1 is 1.67 bits per heavy atom. The lowest BCUT2D eigenvalue weighted by atomic mass is 9.99. The maximum Gasteiger partial charge on any atom is 0.225 e.